The molecule has 138 valence electrons. The highest BCUT2D eigenvalue weighted by atomic mass is 32.2. The van der Waals surface area contributed by atoms with E-state index in [0.29, 0.717) is 17.1 Å². The molecule has 0 aliphatic rings. The summed E-state index contributed by atoms with van der Waals surface area (Å²) in [5.41, 5.74) is 6.27. The van der Waals surface area contributed by atoms with Crippen LogP contribution in [0.25, 0.3) is 0 Å². The van der Waals surface area contributed by atoms with Crippen molar-refractivity contribution in [2.24, 2.45) is 0 Å². The van der Waals surface area contributed by atoms with Crippen molar-refractivity contribution < 1.29 is 14.0 Å². The molecule has 2 N–H and O–H groups in total. The van der Waals surface area contributed by atoms with Crippen LogP contribution < -0.4 is 10.9 Å². The molecule has 3 aromatic rings. The Bertz CT molecular complexity index is 923. The van der Waals surface area contributed by atoms with Gasteiger partial charge in [-0.15, -0.1) is 11.8 Å². The van der Waals surface area contributed by atoms with Crippen LogP contribution in [0.15, 0.2) is 76.0 Å². The van der Waals surface area contributed by atoms with Crippen LogP contribution in [0.3, 0.4) is 0 Å². The van der Waals surface area contributed by atoms with Gasteiger partial charge < -0.3 is 4.42 Å². The number of thioether (sulfide) groups is 1. The number of hydrogen-bond acceptors (Lipinski definition) is 4. The molecule has 0 spiro atoms. The van der Waals surface area contributed by atoms with Crippen molar-refractivity contribution in [2.75, 3.05) is 0 Å². The largest absolute Gasteiger partial charge is 0.466 e. The van der Waals surface area contributed by atoms with Crippen molar-refractivity contribution >= 4 is 23.6 Å². The summed E-state index contributed by atoms with van der Waals surface area (Å²) in [4.78, 5) is 26.1. The van der Waals surface area contributed by atoms with Crippen LogP contribution in [-0.2, 0) is 4.79 Å². The highest BCUT2D eigenvalue weighted by Gasteiger charge is 2.23. The number of nitrogens with one attached hydrogen (secondary N) is 2. The Labute approximate surface area is 162 Å². The summed E-state index contributed by atoms with van der Waals surface area (Å²) in [6.07, 6.45) is 0. The van der Waals surface area contributed by atoms with Gasteiger partial charge in [0, 0.05) is 4.90 Å². The van der Waals surface area contributed by atoms with Crippen molar-refractivity contribution in [1.29, 1.82) is 0 Å². The van der Waals surface area contributed by atoms with Crippen LogP contribution in [0.1, 0.15) is 32.7 Å². The molecular formula is C21H20N2O3S. The molecule has 1 atom stereocenters. The average molecular weight is 380 g/mol. The van der Waals surface area contributed by atoms with Crippen molar-refractivity contribution in [2.45, 2.75) is 24.0 Å². The fraction of sp³-hybridized carbons (Fsp3) is 0.143. The maximum absolute atomic E-state index is 12.8. The van der Waals surface area contributed by atoms with Gasteiger partial charge in [0.15, 0.2) is 0 Å². The number of carbonyl (C=O) groups excluding carboxylic acids is 2. The van der Waals surface area contributed by atoms with Crippen molar-refractivity contribution in [1.82, 2.24) is 10.9 Å². The minimum Gasteiger partial charge on any atom is -0.466 e. The number of carbonyl (C=O) groups is 2. The van der Waals surface area contributed by atoms with Gasteiger partial charge in [-0.3, -0.25) is 20.4 Å². The molecule has 5 nitrogen and oxygen atoms in total. The van der Waals surface area contributed by atoms with E-state index >= 15 is 0 Å². The number of amides is 2. The Morgan fingerprint density at radius 2 is 1.56 bits per heavy atom. The summed E-state index contributed by atoms with van der Waals surface area (Å²) in [6, 6.07) is 20.8. The zero-order valence-corrected chi connectivity index (χ0v) is 15.9. The Balaban J connectivity index is 1.73. The van der Waals surface area contributed by atoms with E-state index in [0.717, 1.165) is 10.5 Å². The molecule has 0 bridgehead atoms. The van der Waals surface area contributed by atoms with Crippen molar-refractivity contribution in [3.05, 3.63) is 89.4 Å². The summed E-state index contributed by atoms with van der Waals surface area (Å²) >= 11 is 1.42. The number of hydrogen-bond donors (Lipinski definition) is 2. The zero-order chi connectivity index (χ0) is 19.2. The van der Waals surface area contributed by atoms with Gasteiger partial charge in [-0.05, 0) is 37.6 Å². The van der Waals surface area contributed by atoms with Crippen LogP contribution in [0, 0.1) is 13.8 Å². The number of rotatable bonds is 5. The lowest BCUT2D eigenvalue weighted by Gasteiger charge is -2.17. The summed E-state index contributed by atoms with van der Waals surface area (Å²) in [5, 5.41) is -0.499. The molecular weight excluding hydrogens is 360 g/mol. The lowest BCUT2D eigenvalue weighted by atomic mass is 10.1. The Kier molecular flexibility index (Phi) is 5.98. The van der Waals surface area contributed by atoms with Gasteiger partial charge in [0.1, 0.15) is 16.8 Å². The predicted octanol–water partition coefficient (Wildman–Crippen LogP) is 4.19. The van der Waals surface area contributed by atoms with Gasteiger partial charge in [-0.1, -0.05) is 48.5 Å². The molecule has 1 aromatic heterocycles. The smallest absolute Gasteiger partial charge is 0.273 e. The van der Waals surface area contributed by atoms with Gasteiger partial charge >= 0.3 is 0 Å². The molecule has 0 saturated carbocycles. The summed E-state index contributed by atoms with van der Waals surface area (Å²) < 4.78 is 5.36. The summed E-state index contributed by atoms with van der Waals surface area (Å²) in [7, 11) is 0. The van der Waals surface area contributed by atoms with Gasteiger partial charge in [-0.25, -0.2) is 0 Å². The maximum atomic E-state index is 12.8. The van der Waals surface area contributed by atoms with E-state index in [-0.39, 0.29) is 5.91 Å². The van der Waals surface area contributed by atoms with Crippen LogP contribution in [0.5, 0.6) is 0 Å². The van der Waals surface area contributed by atoms with Crippen molar-refractivity contribution in [3.8, 4) is 0 Å². The standard InChI is InChI=1S/C21H20N2O3S/c1-14-13-18(15(2)26-14)20(24)22-23-21(25)19(16-9-5-3-6-10-16)27-17-11-7-4-8-12-17/h3-13,19H,1-2H3,(H,22,24)(H,23,25)/t19-/m0/s1. The number of furan rings is 1. The Hall–Kier alpha value is -2.99. The zero-order valence-electron chi connectivity index (χ0n) is 15.1. The first-order valence-electron chi connectivity index (χ1n) is 8.48. The second kappa shape index (κ2) is 8.60. The normalized spacial score (nSPS) is 11.6. The predicted molar refractivity (Wildman–Crippen MR) is 105 cm³/mol. The lowest BCUT2D eigenvalue weighted by Crippen LogP contribution is -2.43. The minimum absolute atomic E-state index is 0.304. The summed E-state index contributed by atoms with van der Waals surface area (Å²) in [6.45, 7) is 3.48. The van der Waals surface area contributed by atoms with E-state index in [1.807, 2.05) is 60.7 Å². The van der Waals surface area contributed by atoms with Gasteiger partial charge in [-0.2, -0.15) is 0 Å². The maximum Gasteiger partial charge on any atom is 0.273 e. The third-order valence-electron chi connectivity index (χ3n) is 3.92. The van der Waals surface area contributed by atoms with Gasteiger partial charge in [0.05, 0.1) is 5.56 Å². The second-order valence-corrected chi connectivity index (χ2v) is 7.17. The fourth-order valence-electron chi connectivity index (χ4n) is 2.64. The molecule has 27 heavy (non-hydrogen) atoms. The molecule has 0 fully saturated rings. The molecule has 0 aliphatic heterocycles. The first-order valence-corrected chi connectivity index (χ1v) is 9.36. The van der Waals surface area contributed by atoms with E-state index in [9.17, 15) is 9.59 Å². The molecule has 0 radical (unpaired) electrons. The van der Waals surface area contributed by atoms with E-state index in [2.05, 4.69) is 10.9 Å². The van der Waals surface area contributed by atoms with Crippen LogP contribution in [-0.4, -0.2) is 11.8 Å². The molecule has 0 unspecified atom stereocenters. The highest BCUT2D eigenvalue weighted by Crippen LogP contribution is 2.35. The third-order valence-corrected chi connectivity index (χ3v) is 5.19. The fourth-order valence-corrected chi connectivity index (χ4v) is 3.69. The Morgan fingerprint density at radius 3 is 2.15 bits per heavy atom. The minimum atomic E-state index is -0.499. The molecule has 2 aromatic carbocycles. The molecule has 1 heterocycles. The molecule has 2 amide bonds. The number of hydrazine groups is 1. The quantitative estimate of drug-likeness (QED) is 0.514. The second-order valence-electron chi connectivity index (χ2n) is 5.99. The summed E-state index contributed by atoms with van der Waals surface area (Å²) in [5.74, 6) is 0.443. The van der Waals surface area contributed by atoms with E-state index < -0.39 is 11.2 Å². The average Bonchev–Trinajstić information content (AvgIpc) is 3.03. The van der Waals surface area contributed by atoms with E-state index in [4.69, 9.17) is 4.42 Å². The third kappa shape index (κ3) is 4.80. The molecule has 6 heteroatoms. The highest BCUT2D eigenvalue weighted by molar-refractivity contribution is 8.00. The molecule has 0 saturated heterocycles. The van der Waals surface area contributed by atoms with E-state index in [1.165, 1.54) is 11.8 Å². The van der Waals surface area contributed by atoms with Crippen LogP contribution >= 0.6 is 11.8 Å². The Morgan fingerprint density at radius 1 is 0.926 bits per heavy atom. The first kappa shape index (κ1) is 18.8. The number of benzene rings is 2. The first-order chi connectivity index (χ1) is 13.0. The molecule has 0 aliphatic carbocycles. The van der Waals surface area contributed by atoms with Crippen LogP contribution in [0.4, 0.5) is 0 Å². The molecule has 3 rings (SSSR count). The van der Waals surface area contributed by atoms with Crippen molar-refractivity contribution in [3.63, 3.8) is 0 Å². The number of aryl methyl sites for hydroxylation is 2. The van der Waals surface area contributed by atoms with Crippen LogP contribution in [0.2, 0.25) is 0 Å². The lowest BCUT2D eigenvalue weighted by molar-refractivity contribution is -0.121. The monoisotopic (exact) mass is 380 g/mol. The SMILES string of the molecule is Cc1cc(C(=O)NNC(=O)[C@@H](Sc2ccccc2)c2ccccc2)c(C)o1. The van der Waals surface area contributed by atoms with E-state index in [1.54, 1.807) is 19.9 Å². The topological polar surface area (TPSA) is 71.3 Å². The van der Waals surface area contributed by atoms with Gasteiger partial charge in [0.2, 0.25) is 0 Å². The van der Waals surface area contributed by atoms with Gasteiger partial charge in [0.25, 0.3) is 11.8 Å².